The smallest absolute Gasteiger partial charge is 0.356 e. The van der Waals surface area contributed by atoms with Gasteiger partial charge in [0.2, 0.25) is 0 Å². The van der Waals surface area contributed by atoms with Gasteiger partial charge >= 0.3 is 5.97 Å². The summed E-state index contributed by atoms with van der Waals surface area (Å²) in [7, 11) is 0. The number of carboxylic acid groups (broad SMARTS) is 1. The van der Waals surface area contributed by atoms with Crippen LogP contribution in [0.5, 0.6) is 0 Å². The van der Waals surface area contributed by atoms with E-state index in [0.29, 0.717) is 11.5 Å². The summed E-state index contributed by atoms with van der Waals surface area (Å²) in [6.07, 6.45) is 3.16. The monoisotopic (exact) mass is 326 g/mol. The van der Waals surface area contributed by atoms with E-state index in [-0.39, 0.29) is 17.6 Å². The number of aromatic carboxylic acids is 1. The Morgan fingerprint density at radius 2 is 2.17 bits per heavy atom. The molecule has 3 heterocycles. The molecule has 0 amide bonds. The van der Waals surface area contributed by atoms with Crippen LogP contribution < -0.4 is 4.90 Å². The predicted octanol–water partition coefficient (Wildman–Crippen LogP) is 2.91. The largest absolute Gasteiger partial charge is 0.476 e. The van der Waals surface area contributed by atoms with Crippen molar-refractivity contribution < 1.29 is 14.3 Å². The van der Waals surface area contributed by atoms with Gasteiger partial charge in [0.15, 0.2) is 11.3 Å². The molecule has 7 heteroatoms. The Hall–Kier alpha value is -2.96. The average molecular weight is 326 g/mol. The minimum absolute atomic E-state index is 0.0216. The fraction of sp³-hybridized carbons (Fsp3) is 0.235. The van der Waals surface area contributed by atoms with Crippen molar-refractivity contribution >= 4 is 17.4 Å². The zero-order valence-corrected chi connectivity index (χ0v) is 12.8. The first-order chi connectivity index (χ1) is 11.6. The minimum Gasteiger partial charge on any atom is -0.476 e. The fourth-order valence-electron chi connectivity index (χ4n) is 3.26. The number of hydrogen-bond donors (Lipinski definition) is 1. The number of benzene rings is 1. The summed E-state index contributed by atoms with van der Waals surface area (Å²) in [6, 6.07) is 10.2. The fourth-order valence-corrected chi connectivity index (χ4v) is 3.26. The van der Waals surface area contributed by atoms with E-state index in [1.54, 1.807) is 18.2 Å². The lowest BCUT2D eigenvalue weighted by Crippen LogP contribution is -2.24. The molecule has 1 fully saturated rings. The molecule has 0 radical (unpaired) electrons. The molecule has 122 valence electrons. The highest BCUT2D eigenvalue weighted by molar-refractivity contribution is 5.86. The molecule has 1 atom stereocenters. The number of nitrogens with zero attached hydrogens (tertiary/aromatic N) is 4. The molecule has 1 aromatic carbocycles. The maximum absolute atomic E-state index is 13.5. The number of aromatic nitrogens is 3. The molecule has 1 aliphatic heterocycles. The Labute approximate surface area is 137 Å². The molecule has 0 aliphatic carbocycles. The highest BCUT2D eigenvalue weighted by atomic mass is 19.1. The molecular weight excluding hydrogens is 311 g/mol. The van der Waals surface area contributed by atoms with Crippen LogP contribution in [0, 0.1) is 5.82 Å². The van der Waals surface area contributed by atoms with E-state index in [1.165, 1.54) is 16.8 Å². The quantitative estimate of drug-likeness (QED) is 0.801. The zero-order chi connectivity index (χ0) is 16.7. The van der Waals surface area contributed by atoms with E-state index in [1.807, 2.05) is 12.1 Å². The van der Waals surface area contributed by atoms with Crippen molar-refractivity contribution in [2.45, 2.75) is 18.9 Å². The Bertz CT molecular complexity index is 924. The summed E-state index contributed by atoms with van der Waals surface area (Å²) in [5.41, 5.74) is 1.41. The van der Waals surface area contributed by atoms with Crippen LogP contribution in [0.1, 0.15) is 34.9 Å². The maximum Gasteiger partial charge on any atom is 0.356 e. The summed E-state index contributed by atoms with van der Waals surface area (Å²) < 4.78 is 14.9. The lowest BCUT2D eigenvalue weighted by atomic mass is 10.0. The van der Waals surface area contributed by atoms with Gasteiger partial charge in [-0.3, -0.25) is 0 Å². The number of halogens is 1. The number of carboxylic acids is 1. The van der Waals surface area contributed by atoms with Crippen LogP contribution in [0.25, 0.3) is 5.65 Å². The summed E-state index contributed by atoms with van der Waals surface area (Å²) in [4.78, 5) is 17.4. The van der Waals surface area contributed by atoms with Crippen LogP contribution in [0.4, 0.5) is 10.2 Å². The van der Waals surface area contributed by atoms with Crippen molar-refractivity contribution in [1.82, 2.24) is 14.6 Å². The molecule has 1 aliphatic rings. The molecule has 6 nitrogen and oxygen atoms in total. The lowest BCUT2D eigenvalue weighted by molar-refractivity contribution is 0.0688. The second-order valence-electron chi connectivity index (χ2n) is 5.82. The highest BCUT2D eigenvalue weighted by Gasteiger charge is 2.28. The van der Waals surface area contributed by atoms with Crippen molar-refractivity contribution in [3.05, 3.63) is 59.7 Å². The van der Waals surface area contributed by atoms with Gasteiger partial charge in [-0.25, -0.2) is 18.7 Å². The number of hydrogen-bond acceptors (Lipinski definition) is 4. The molecular formula is C17H15FN4O2. The van der Waals surface area contributed by atoms with E-state index in [4.69, 9.17) is 0 Å². The highest BCUT2D eigenvalue weighted by Crippen LogP contribution is 2.35. The van der Waals surface area contributed by atoms with Gasteiger partial charge in [-0.1, -0.05) is 12.1 Å². The molecule has 24 heavy (non-hydrogen) atoms. The first-order valence-electron chi connectivity index (χ1n) is 7.74. The first-order valence-corrected chi connectivity index (χ1v) is 7.74. The Morgan fingerprint density at radius 3 is 2.96 bits per heavy atom. The van der Waals surface area contributed by atoms with Gasteiger partial charge < -0.3 is 10.0 Å². The van der Waals surface area contributed by atoms with Crippen LogP contribution in [-0.2, 0) is 0 Å². The minimum atomic E-state index is -1.07. The van der Waals surface area contributed by atoms with Gasteiger partial charge in [0, 0.05) is 6.54 Å². The number of imidazole rings is 1. The average Bonchev–Trinajstić information content (AvgIpc) is 3.21. The van der Waals surface area contributed by atoms with Gasteiger partial charge in [-0.05, 0) is 42.7 Å². The van der Waals surface area contributed by atoms with Crippen molar-refractivity contribution in [3.8, 4) is 0 Å². The molecule has 3 aromatic rings. The summed E-state index contributed by atoms with van der Waals surface area (Å²) in [5, 5.41) is 13.7. The second-order valence-corrected chi connectivity index (χ2v) is 5.82. The molecule has 4 rings (SSSR count). The van der Waals surface area contributed by atoms with Crippen molar-refractivity contribution in [2.24, 2.45) is 0 Å². The third-order valence-electron chi connectivity index (χ3n) is 4.35. The summed E-state index contributed by atoms with van der Waals surface area (Å²) >= 11 is 0. The third-order valence-corrected chi connectivity index (χ3v) is 4.35. The Morgan fingerprint density at radius 1 is 1.29 bits per heavy atom. The van der Waals surface area contributed by atoms with Crippen LogP contribution >= 0.6 is 0 Å². The van der Waals surface area contributed by atoms with Crippen molar-refractivity contribution in [3.63, 3.8) is 0 Å². The van der Waals surface area contributed by atoms with E-state index < -0.39 is 5.97 Å². The summed E-state index contributed by atoms with van der Waals surface area (Å²) in [6.45, 7) is 0.788. The third kappa shape index (κ3) is 2.38. The standard InChI is InChI=1S/C17H15FN4O2/c18-12-4-1-3-11(9-12)13-5-2-8-21(13)16-7-6-15-19-10-14(17(23)24)22(15)20-16/h1,3-4,6-7,9-10,13H,2,5,8H2,(H,23,24). The van der Waals surface area contributed by atoms with Gasteiger partial charge in [0.05, 0.1) is 12.2 Å². The number of fused-ring (bicyclic) bond motifs is 1. The van der Waals surface area contributed by atoms with E-state index >= 15 is 0 Å². The van der Waals surface area contributed by atoms with Crippen LogP contribution in [0.2, 0.25) is 0 Å². The molecule has 0 spiro atoms. The van der Waals surface area contributed by atoms with Gasteiger partial charge in [-0.15, -0.1) is 5.10 Å². The molecule has 0 bridgehead atoms. The van der Waals surface area contributed by atoms with Gasteiger partial charge in [-0.2, -0.15) is 0 Å². The second kappa shape index (κ2) is 5.59. The molecule has 1 saturated heterocycles. The number of rotatable bonds is 3. The van der Waals surface area contributed by atoms with Crippen LogP contribution in [0.15, 0.2) is 42.6 Å². The maximum atomic E-state index is 13.5. The van der Waals surface area contributed by atoms with Crippen molar-refractivity contribution in [2.75, 3.05) is 11.4 Å². The van der Waals surface area contributed by atoms with Gasteiger partial charge in [0.1, 0.15) is 11.6 Å². The molecule has 2 aromatic heterocycles. The topological polar surface area (TPSA) is 70.7 Å². The molecule has 1 unspecified atom stereocenters. The first kappa shape index (κ1) is 14.6. The normalized spacial score (nSPS) is 17.5. The van der Waals surface area contributed by atoms with Gasteiger partial charge in [0.25, 0.3) is 0 Å². The lowest BCUT2D eigenvalue weighted by Gasteiger charge is -2.26. The van der Waals surface area contributed by atoms with E-state index in [2.05, 4.69) is 15.0 Å². The zero-order valence-electron chi connectivity index (χ0n) is 12.8. The van der Waals surface area contributed by atoms with Crippen LogP contribution in [-0.4, -0.2) is 32.2 Å². The number of anilines is 1. The molecule has 0 saturated carbocycles. The SMILES string of the molecule is O=C(O)c1cnc2ccc(N3CCCC3c3cccc(F)c3)nn12. The Balaban J connectivity index is 1.75. The van der Waals surface area contributed by atoms with E-state index in [0.717, 1.165) is 24.9 Å². The van der Waals surface area contributed by atoms with E-state index in [9.17, 15) is 14.3 Å². The Kier molecular flexibility index (Phi) is 3.41. The predicted molar refractivity (Wildman–Crippen MR) is 85.7 cm³/mol. The van der Waals surface area contributed by atoms with Crippen LogP contribution in [0.3, 0.4) is 0 Å². The molecule has 1 N–H and O–H groups in total. The number of carbonyl (C=O) groups is 1. The summed E-state index contributed by atoms with van der Waals surface area (Å²) in [5.74, 6) is -0.671. The van der Waals surface area contributed by atoms with Crippen molar-refractivity contribution in [1.29, 1.82) is 0 Å².